The summed E-state index contributed by atoms with van der Waals surface area (Å²) in [5.41, 5.74) is 2.07. The normalized spacial score (nSPS) is 17.0. The smallest absolute Gasteiger partial charge is 0.314 e. The third kappa shape index (κ3) is 2.91. The van der Waals surface area contributed by atoms with Gasteiger partial charge in [0, 0.05) is 13.0 Å². The van der Waals surface area contributed by atoms with Crippen molar-refractivity contribution in [2.45, 2.75) is 25.4 Å². The fourth-order valence-corrected chi connectivity index (χ4v) is 1.97. The van der Waals surface area contributed by atoms with Crippen molar-refractivity contribution < 1.29 is 19.1 Å². The number of hydrogen-bond acceptors (Lipinski definition) is 4. The third-order valence-electron chi connectivity index (χ3n) is 2.82. The number of ether oxygens (including phenoxy) is 2. The Hall–Kier alpha value is -1.68. The maximum absolute atomic E-state index is 11.2. The van der Waals surface area contributed by atoms with Crippen molar-refractivity contribution >= 4 is 11.9 Å². The highest BCUT2D eigenvalue weighted by molar-refractivity contribution is 5.89. The van der Waals surface area contributed by atoms with Crippen LogP contribution in [0.1, 0.15) is 29.9 Å². The number of benzene rings is 1. The van der Waals surface area contributed by atoms with Gasteiger partial charge in [-0.05, 0) is 11.1 Å². The van der Waals surface area contributed by atoms with Gasteiger partial charge in [0.2, 0.25) is 0 Å². The zero-order valence-electron chi connectivity index (χ0n) is 9.64. The molecule has 0 saturated carbocycles. The summed E-state index contributed by atoms with van der Waals surface area (Å²) in [6.07, 6.45) is 0.546. The van der Waals surface area contributed by atoms with Crippen molar-refractivity contribution in [3.8, 4) is 0 Å². The molecule has 0 atom stereocenters. The number of carbonyl (C=O) groups excluding carboxylic acids is 2. The second-order valence-corrected chi connectivity index (χ2v) is 4.13. The van der Waals surface area contributed by atoms with E-state index in [1.807, 2.05) is 24.3 Å². The minimum absolute atomic E-state index is 0.0552. The molecule has 1 aromatic rings. The van der Waals surface area contributed by atoms with Gasteiger partial charge in [0.25, 0.3) is 0 Å². The standard InChI is InChI=1S/C13H14O4/c1-16-8-9-2-4-10(5-3-9)11-6-12(14)17-13(15)7-11/h2-5,11H,6-8H2,1H3. The quantitative estimate of drug-likeness (QED) is 0.591. The molecule has 1 aliphatic heterocycles. The van der Waals surface area contributed by atoms with E-state index in [0.29, 0.717) is 6.61 Å². The van der Waals surface area contributed by atoms with E-state index in [-0.39, 0.29) is 18.8 Å². The molecule has 0 radical (unpaired) electrons. The monoisotopic (exact) mass is 234 g/mol. The van der Waals surface area contributed by atoms with Crippen LogP contribution < -0.4 is 0 Å². The van der Waals surface area contributed by atoms with Gasteiger partial charge in [-0.2, -0.15) is 0 Å². The van der Waals surface area contributed by atoms with Crippen LogP contribution in [-0.2, 0) is 25.7 Å². The van der Waals surface area contributed by atoms with Gasteiger partial charge in [-0.3, -0.25) is 9.59 Å². The van der Waals surface area contributed by atoms with Gasteiger partial charge >= 0.3 is 11.9 Å². The molecule has 0 bridgehead atoms. The number of cyclic esters (lactones) is 2. The molecule has 2 rings (SSSR count). The van der Waals surface area contributed by atoms with Gasteiger partial charge in [-0.1, -0.05) is 24.3 Å². The first kappa shape index (κ1) is 11.8. The zero-order valence-corrected chi connectivity index (χ0v) is 9.64. The van der Waals surface area contributed by atoms with E-state index in [1.165, 1.54) is 0 Å². The molecule has 1 saturated heterocycles. The lowest BCUT2D eigenvalue weighted by molar-refractivity contribution is -0.163. The topological polar surface area (TPSA) is 52.6 Å². The molecule has 0 N–H and O–H groups in total. The zero-order chi connectivity index (χ0) is 12.3. The largest absolute Gasteiger partial charge is 0.393 e. The molecule has 0 aliphatic carbocycles. The second-order valence-electron chi connectivity index (χ2n) is 4.13. The summed E-state index contributed by atoms with van der Waals surface area (Å²) >= 11 is 0. The van der Waals surface area contributed by atoms with E-state index in [0.717, 1.165) is 11.1 Å². The van der Waals surface area contributed by atoms with Crippen molar-refractivity contribution in [3.63, 3.8) is 0 Å². The molecule has 0 aromatic heterocycles. The number of hydrogen-bond donors (Lipinski definition) is 0. The predicted molar refractivity (Wildman–Crippen MR) is 60.2 cm³/mol. The van der Waals surface area contributed by atoms with Gasteiger partial charge in [0.15, 0.2) is 0 Å². The first-order valence-electron chi connectivity index (χ1n) is 5.50. The van der Waals surface area contributed by atoms with Crippen LogP contribution in [0, 0.1) is 0 Å². The molecule has 0 spiro atoms. The molecule has 4 heteroatoms. The van der Waals surface area contributed by atoms with Gasteiger partial charge < -0.3 is 9.47 Å². The average Bonchev–Trinajstić information content (AvgIpc) is 2.29. The van der Waals surface area contributed by atoms with Crippen LogP contribution in [-0.4, -0.2) is 19.0 Å². The van der Waals surface area contributed by atoms with Crippen LogP contribution in [0.5, 0.6) is 0 Å². The Bertz CT molecular complexity index is 406. The molecule has 0 amide bonds. The summed E-state index contributed by atoms with van der Waals surface area (Å²) in [5, 5.41) is 0. The molecule has 0 unspecified atom stereocenters. The minimum atomic E-state index is -0.438. The van der Waals surface area contributed by atoms with E-state index >= 15 is 0 Å². The fraction of sp³-hybridized carbons (Fsp3) is 0.385. The van der Waals surface area contributed by atoms with Gasteiger partial charge in [0.05, 0.1) is 19.4 Å². The fourth-order valence-electron chi connectivity index (χ4n) is 1.97. The van der Waals surface area contributed by atoms with E-state index in [1.54, 1.807) is 7.11 Å². The molecule has 1 aliphatic rings. The Kier molecular flexibility index (Phi) is 3.54. The summed E-state index contributed by atoms with van der Waals surface area (Å²) in [5.74, 6) is -0.931. The average molecular weight is 234 g/mol. The van der Waals surface area contributed by atoms with Gasteiger partial charge in [-0.25, -0.2) is 0 Å². The van der Waals surface area contributed by atoms with Crippen LogP contribution in [0.15, 0.2) is 24.3 Å². The predicted octanol–water partition coefficient (Wildman–Crippen LogP) is 1.78. The molecule has 4 nitrogen and oxygen atoms in total. The van der Waals surface area contributed by atoms with Crippen molar-refractivity contribution in [3.05, 3.63) is 35.4 Å². The van der Waals surface area contributed by atoms with Crippen LogP contribution in [0.4, 0.5) is 0 Å². The number of carbonyl (C=O) groups is 2. The molecule has 1 aromatic carbocycles. The SMILES string of the molecule is COCc1ccc(C2CC(=O)OC(=O)C2)cc1. The first-order valence-corrected chi connectivity index (χ1v) is 5.50. The first-order chi connectivity index (χ1) is 8.19. The lowest BCUT2D eigenvalue weighted by atomic mass is 9.90. The van der Waals surface area contributed by atoms with Gasteiger partial charge in [0.1, 0.15) is 0 Å². The highest BCUT2D eigenvalue weighted by Gasteiger charge is 2.28. The Morgan fingerprint density at radius 2 is 1.76 bits per heavy atom. The van der Waals surface area contributed by atoms with E-state index in [4.69, 9.17) is 4.74 Å². The number of methoxy groups -OCH3 is 1. The van der Waals surface area contributed by atoms with E-state index < -0.39 is 11.9 Å². The van der Waals surface area contributed by atoms with E-state index in [2.05, 4.69) is 4.74 Å². The Labute approximate surface area is 99.5 Å². The molecule has 90 valence electrons. The highest BCUT2D eigenvalue weighted by Crippen LogP contribution is 2.28. The summed E-state index contributed by atoms with van der Waals surface area (Å²) in [4.78, 5) is 22.3. The Balaban J connectivity index is 2.11. The van der Waals surface area contributed by atoms with Crippen LogP contribution in [0.3, 0.4) is 0 Å². The van der Waals surface area contributed by atoms with Crippen LogP contribution in [0.25, 0.3) is 0 Å². The maximum Gasteiger partial charge on any atom is 0.314 e. The molecule has 1 heterocycles. The molecule has 1 fully saturated rings. The summed E-state index contributed by atoms with van der Waals surface area (Å²) in [6.45, 7) is 0.561. The molecular weight excluding hydrogens is 220 g/mol. The Morgan fingerprint density at radius 1 is 1.18 bits per heavy atom. The van der Waals surface area contributed by atoms with Crippen molar-refractivity contribution in [2.24, 2.45) is 0 Å². The van der Waals surface area contributed by atoms with Crippen LogP contribution in [0.2, 0.25) is 0 Å². The number of rotatable bonds is 3. The minimum Gasteiger partial charge on any atom is -0.393 e. The van der Waals surface area contributed by atoms with Crippen molar-refractivity contribution in [1.29, 1.82) is 0 Å². The third-order valence-corrected chi connectivity index (χ3v) is 2.82. The lowest BCUT2D eigenvalue weighted by Gasteiger charge is -2.20. The maximum atomic E-state index is 11.2. The van der Waals surface area contributed by atoms with Crippen molar-refractivity contribution in [2.75, 3.05) is 7.11 Å². The van der Waals surface area contributed by atoms with Crippen molar-refractivity contribution in [1.82, 2.24) is 0 Å². The molecular formula is C13H14O4. The number of esters is 2. The lowest BCUT2D eigenvalue weighted by Crippen LogP contribution is -2.24. The highest BCUT2D eigenvalue weighted by atomic mass is 16.6. The van der Waals surface area contributed by atoms with E-state index in [9.17, 15) is 9.59 Å². The Morgan fingerprint density at radius 3 is 2.29 bits per heavy atom. The van der Waals surface area contributed by atoms with Crippen LogP contribution >= 0.6 is 0 Å². The summed E-state index contributed by atoms with van der Waals surface area (Å²) < 4.78 is 9.52. The van der Waals surface area contributed by atoms with Gasteiger partial charge in [-0.15, -0.1) is 0 Å². The second kappa shape index (κ2) is 5.10. The molecule has 17 heavy (non-hydrogen) atoms. The summed E-state index contributed by atoms with van der Waals surface area (Å²) in [7, 11) is 1.64. The summed E-state index contributed by atoms with van der Waals surface area (Å²) in [6, 6.07) is 7.77.